The van der Waals surface area contributed by atoms with Crippen molar-refractivity contribution in [3.8, 4) is 5.88 Å². The van der Waals surface area contributed by atoms with Crippen LogP contribution in [0.3, 0.4) is 0 Å². The minimum Gasteiger partial charge on any atom is -0.480 e. The fraction of sp³-hybridized carbons (Fsp3) is 0.333. The van der Waals surface area contributed by atoms with Gasteiger partial charge in [-0.15, -0.1) is 24.8 Å². The van der Waals surface area contributed by atoms with Gasteiger partial charge in [-0.25, -0.2) is 4.98 Å². The smallest absolute Gasteiger partial charge is 0.232 e. The Morgan fingerprint density at radius 1 is 1.42 bits per heavy atom. The zero-order valence-corrected chi connectivity index (χ0v) is 8.19. The highest BCUT2D eigenvalue weighted by Gasteiger charge is 1.93. The van der Waals surface area contributed by atoms with Gasteiger partial charge in [0.15, 0.2) is 0 Å². The predicted octanol–water partition coefficient (Wildman–Crippen LogP) is 0.787. The van der Waals surface area contributed by atoms with Gasteiger partial charge < -0.3 is 10.5 Å². The molecule has 0 saturated heterocycles. The molecular formula is C6H11Cl2N3O. The van der Waals surface area contributed by atoms with E-state index in [1.165, 1.54) is 0 Å². The van der Waals surface area contributed by atoms with Crippen molar-refractivity contribution in [2.45, 2.75) is 6.54 Å². The third kappa shape index (κ3) is 3.71. The fourth-order valence-corrected chi connectivity index (χ4v) is 0.583. The van der Waals surface area contributed by atoms with Crippen LogP contribution in [0, 0.1) is 0 Å². The molecule has 1 aromatic rings. The topological polar surface area (TPSA) is 61.0 Å². The van der Waals surface area contributed by atoms with Crippen LogP contribution in [0.15, 0.2) is 12.4 Å². The molecule has 0 aromatic carbocycles. The molecule has 1 rings (SSSR count). The highest BCUT2D eigenvalue weighted by molar-refractivity contribution is 5.85. The molecule has 0 unspecified atom stereocenters. The molecule has 1 heterocycles. The number of nitrogens with two attached hydrogens (primary N) is 1. The van der Waals surface area contributed by atoms with Gasteiger partial charge in [0.05, 0.1) is 19.0 Å². The van der Waals surface area contributed by atoms with Crippen LogP contribution in [0.5, 0.6) is 5.88 Å². The summed E-state index contributed by atoms with van der Waals surface area (Å²) < 4.78 is 4.83. The van der Waals surface area contributed by atoms with Gasteiger partial charge in [-0.1, -0.05) is 0 Å². The van der Waals surface area contributed by atoms with Gasteiger partial charge in [0, 0.05) is 12.7 Å². The van der Waals surface area contributed by atoms with Crippen molar-refractivity contribution in [2.24, 2.45) is 5.73 Å². The van der Waals surface area contributed by atoms with Gasteiger partial charge in [-0.05, 0) is 0 Å². The lowest BCUT2D eigenvalue weighted by molar-refractivity contribution is 0.394. The van der Waals surface area contributed by atoms with Gasteiger partial charge in [-0.3, -0.25) is 4.98 Å². The molecule has 4 nitrogen and oxygen atoms in total. The summed E-state index contributed by atoms with van der Waals surface area (Å²) in [5.74, 6) is 0.503. The number of rotatable bonds is 2. The van der Waals surface area contributed by atoms with Crippen molar-refractivity contribution in [1.29, 1.82) is 0 Å². The zero-order chi connectivity index (χ0) is 7.40. The molecule has 0 bridgehead atoms. The number of hydrogen-bond donors (Lipinski definition) is 1. The van der Waals surface area contributed by atoms with Crippen LogP contribution < -0.4 is 10.5 Å². The molecule has 70 valence electrons. The molecule has 0 aliphatic rings. The second kappa shape index (κ2) is 7.09. The van der Waals surface area contributed by atoms with Crippen LogP contribution in [-0.2, 0) is 6.54 Å². The number of nitrogens with zero attached hydrogens (tertiary/aromatic N) is 2. The standard InChI is InChI=1S/C6H9N3O.2ClH/c1-10-6-4-8-3-5(2-7)9-6;;/h3-4H,2,7H2,1H3;2*1H. The van der Waals surface area contributed by atoms with E-state index in [9.17, 15) is 0 Å². The van der Waals surface area contributed by atoms with E-state index in [-0.39, 0.29) is 24.8 Å². The monoisotopic (exact) mass is 211 g/mol. The first-order valence-electron chi connectivity index (χ1n) is 2.92. The van der Waals surface area contributed by atoms with E-state index >= 15 is 0 Å². The van der Waals surface area contributed by atoms with Crippen molar-refractivity contribution in [2.75, 3.05) is 7.11 Å². The van der Waals surface area contributed by atoms with Crippen molar-refractivity contribution in [3.63, 3.8) is 0 Å². The first-order chi connectivity index (χ1) is 4.86. The minimum absolute atomic E-state index is 0. The van der Waals surface area contributed by atoms with Gasteiger partial charge in [-0.2, -0.15) is 0 Å². The summed E-state index contributed by atoms with van der Waals surface area (Å²) in [7, 11) is 1.55. The lowest BCUT2D eigenvalue weighted by Crippen LogP contribution is -2.01. The molecule has 0 atom stereocenters. The molecule has 0 aliphatic heterocycles. The number of halogens is 2. The van der Waals surface area contributed by atoms with Crippen LogP contribution >= 0.6 is 24.8 Å². The summed E-state index contributed by atoms with van der Waals surface area (Å²) in [4.78, 5) is 7.86. The van der Waals surface area contributed by atoms with E-state index in [0.717, 1.165) is 5.69 Å². The molecule has 2 N–H and O–H groups in total. The largest absolute Gasteiger partial charge is 0.480 e. The minimum atomic E-state index is 0. The number of methoxy groups -OCH3 is 1. The molecule has 0 spiro atoms. The van der Waals surface area contributed by atoms with Crippen LogP contribution in [0.1, 0.15) is 5.69 Å². The molecule has 0 radical (unpaired) electrons. The quantitative estimate of drug-likeness (QED) is 0.787. The van der Waals surface area contributed by atoms with Crippen LogP contribution in [-0.4, -0.2) is 17.1 Å². The average molecular weight is 212 g/mol. The molecule has 6 heteroatoms. The first-order valence-corrected chi connectivity index (χ1v) is 2.92. The van der Waals surface area contributed by atoms with E-state index in [1.807, 2.05) is 0 Å². The lowest BCUT2D eigenvalue weighted by atomic mass is 10.5. The zero-order valence-electron chi connectivity index (χ0n) is 6.56. The Morgan fingerprint density at radius 3 is 2.58 bits per heavy atom. The third-order valence-corrected chi connectivity index (χ3v) is 1.08. The maximum atomic E-state index is 5.32. The Labute approximate surface area is 83.4 Å². The summed E-state index contributed by atoms with van der Waals surface area (Å²) in [6, 6.07) is 0. The van der Waals surface area contributed by atoms with Crippen molar-refractivity contribution < 1.29 is 4.74 Å². The molecule has 0 amide bonds. The molecular weight excluding hydrogens is 201 g/mol. The second-order valence-corrected chi connectivity index (χ2v) is 1.76. The van der Waals surface area contributed by atoms with Gasteiger partial charge in [0.1, 0.15) is 0 Å². The van der Waals surface area contributed by atoms with Gasteiger partial charge in [0.2, 0.25) is 5.88 Å². The van der Waals surface area contributed by atoms with E-state index in [4.69, 9.17) is 10.5 Å². The van der Waals surface area contributed by atoms with Crippen LogP contribution in [0.4, 0.5) is 0 Å². The fourth-order valence-electron chi connectivity index (χ4n) is 0.583. The average Bonchev–Trinajstić information content (AvgIpc) is 2.05. The van der Waals surface area contributed by atoms with Gasteiger partial charge >= 0.3 is 0 Å². The molecule has 0 aliphatic carbocycles. The van der Waals surface area contributed by atoms with Crippen molar-refractivity contribution >= 4 is 24.8 Å². The molecule has 1 aromatic heterocycles. The highest BCUT2D eigenvalue weighted by Crippen LogP contribution is 2.02. The second-order valence-electron chi connectivity index (χ2n) is 1.76. The first kappa shape index (κ1) is 14.0. The molecule has 12 heavy (non-hydrogen) atoms. The van der Waals surface area contributed by atoms with E-state index < -0.39 is 0 Å². The summed E-state index contributed by atoms with van der Waals surface area (Å²) in [5, 5.41) is 0. The SMILES string of the molecule is COc1cncc(CN)n1.Cl.Cl. The van der Waals surface area contributed by atoms with Crippen LogP contribution in [0.25, 0.3) is 0 Å². The maximum Gasteiger partial charge on any atom is 0.232 e. The van der Waals surface area contributed by atoms with E-state index in [2.05, 4.69) is 9.97 Å². The summed E-state index contributed by atoms with van der Waals surface area (Å²) in [6.45, 7) is 0.393. The Hall–Kier alpha value is -0.580. The molecule has 0 saturated carbocycles. The Morgan fingerprint density at radius 2 is 2.08 bits per heavy atom. The van der Waals surface area contributed by atoms with Crippen molar-refractivity contribution in [3.05, 3.63) is 18.1 Å². The van der Waals surface area contributed by atoms with Crippen LogP contribution in [0.2, 0.25) is 0 Å². The summed E-state index contributed by atoms with van der Waals surface area (Å²) >= 11 is 0. The normalized spacial score (nSPS) is 7.83. The Bertz CT molecular complexity index is 202. The third-order valence-electron chi connectivity index (χ3n) is 1.08. The number of aromatic nitrogens is 2. The van der Waals surface area contributed by atoms with Crippen molar-refractivity contribution in [1.82, 2.24) is 9.97 Å². The Balaban J connectivity index is 0. The van der Waals surface area contributed by atoms with E-state index in [0.29, 0.717) is 12.4 Å². The van der Waals surface area contributed by atoms with E-state index in [1.54, 1.807) is 19.5 Å². The molecule has 0 fully saturated rings. The van der Waals surface area contributed by atoms with Gasteiger partial charge in [0.25, 0.3) is 0 Å². The Kier molecular flexibility index (Phi) is 8.26. The predicted molar refractivity (Wildman–Crippen MR) is 51.0 cm³/mol. The summed E-state index contributed by atoms with van der Waals surface area (Å²) in [6.07, 6.45) is 3.15. The maximum absolute atomic E-state index is 5.32. The highest BCUT2D eigenvalue weighted by atomic mass is 35.5. The summed E-state index contributed by atoms with van der Waals surface area (Å²) in [5.41, 5.74) is 6.05. The number of hydrogen-bond acceptors (Lipinski definition) is 4. The number of ether oxygens (including phenoxy) is 1. The lowest BCUT2D eigenvalue weighted by Gasteiger charge is -1.98.